The van der Waals surface area contributed by atoms with Gasteiger partial charge < -0.3 is 5.32 Å². The predicted octanol–water partition coefficient (Wildman–Crippen LogP) is 1.42. The fourth-order valence-corrected chi connectivity index (χ4v) is 2.57. The third kappa shape index (κ3) is 4.34. The second-order valence-corrected chi connectivity index (χ2v) is 4.93. The number of hydrogen-bond acceptors (Lipinski definition) is 3. The lowest BCUT2D eigenvalue weighted by Gasteiger charge is -2.32. The van der Waals surface area contributed by atoms with Crippen LogP contribution < -0.4 is 5.32 Å². The van der Waals surface area contributed by atoms with Crippen molar-refractivity contribution in [2.75, 3.05) is 37.7 Å². The zero-order valence-corrected chi connectivity index (χ0v) is 9.70. The first-order chi connectivity index (χ1) is 6.34. The molecular weight excluding hydrogens is 180 g/mol. The first kappa shape index (κ1) is 11.3. The molecule has 1 aliphatic heterocycles. The Hall–Kier alpha value is 0.270. The van der Waals surface area contributed by atoms with E-state index < -0.39 is 0 Å². The van der Waals surface area contributed by atoms with Crippen LogP contribution in [0, 0.1) is 0 Å². The normalized spacial score (nSPS) is 21.7. The van der Waals surface area contributed by atoms with Crippen LogP contribution in [0.5, 0.6) is 0 Å². The van der Waals surface area contributed by atoms with E-state index in [-0.39, 0.29) is 0 Å². The van der Waals surface area contributed by atoms with Gasteiger partial charge in [0, 0.05) is 37.2 Å². The third-order valence-corrected chi connectivity index (χ3v) is 3.48. The summed E-state index contributed by atoms with van der Waals surface area (Å²) in [7, 11) is 0. The molecule has 1 unspecified atom stereocenters. The molecule has 0 saturated carbocycles. The highest BCUT2D eigenvalue weighted by molar-refractivity contribution is 7.99. The van der Waals surface area contributed by atoms with Crippen molar-refractivity contribution >= 4 is 11.8 Å². The Morgan fingerprint density at radius 1 is 1.38 bits per heavy atom. The van der Waals surface area contributed by atoms with E-state index in [2.05, 4.69) is 35.8 Å². The van der Waals surface area contributed by atoms with Crippen molar-refractivity contribution in [3.63, 3.8) is 0 Å². The fraction of sp³-hybridized carbons (Fsp3) is 1.00. The van der Waals surface area contributed by atoms with Crippen molar-refractivity contribution in [1.29, 1.82) is 0 Å². The average molecular weight is 202 g/mol. The lowest BCUT2D eigenvalue weighted by Crippen LogP contribution is -2.44. The van der Waals surface area contributed by atoms with Crippen LogP contribution >= 0.6 is 11.8 Å². The molecule has 1 saturated heterocycles. The summed E-state index contributed by atoms with van der Waals surface area (Å²) < 4.78 is 0. The fourth-order valence-electron chi connectivity index (χ4n) is 1.64. The van der Waals surface area contributed by atoms with Crippen molar-refractivity contribution in [2.24, 2.45) is 0 Å². The molecule has 2 nitrogen and oxygen atoms in total. The van der Waals surface area contributed by atoms with Crippen molar-refractivity contribution in [3.8, 4) is 0 Å². The van der Waals surface area contributed by atoms with Gasteiger partial charge in [-0.25, -0.2) is 0 Å². The van der Waals surface area contributed by atoms with E-state index in [9.17, 15) is 0 Å². The minimum atomic E-state index is 0.715. The van der Waals surface area contributed by atoms with Gasteiger partial charge in [-0.15, -0.1) is 0 Å². The molecule has 1 aliphatic rings. The van der Waals surface area contributed by atoms with Gasteiger partial charge in [0.2, 0.25) is 0 Å². The van der Waals surface area contributed by atoms with Gasteiger partial charge in [-0.2, -0.15) is 11.8 Å². The van der Waals surface area contributed by atoms with Gasteiger partial charge in [-0.05, 0) is 19.9 Å². The Kier molecular flexibility index (Phi) is 5.83. The molecule has 0 bridgehead atoms. The molecule has 1 atom stereocenters. The molecule has 0 aliphatic carbocycles. The standard InChI is InChI=1S/C10H22N2S/c1-3-4-11-9-10(2)12-5-7-13-8-6-12/h10-11H,3-9H2,1-2H3. The number of nitrogens with one attached hydrogen (secondary N) is 1. The van der Waals surface area contributed by atoms with Crippen LogP contribution in [-0.2, 0) is 0 Å². The smallest absolute Gasteiger partial charge is 0.0193 e. The number of thioether (sulfide) groups is 1. The van der Waals surface area contributed by atoms with Gasteiger partial charge in [-0.1, -0.05) is 6.92 Å². The summed E-state index contributed by atoms with van der Waals surface area (Å²) in [6, 6.07) is 0.715. The van der Waals surface area contributed by atoms with E-state index >= 15 is 0 Å². The van der Waals surface area contributed by atoms with E-state index in [0.29, 0.717) is 6.04 Å². The van der Waals surface area contributed by atoms with Crippen molar-refractivity contribution in [3.05, 3.63) is 0 Å². The second kappa shape index (κ2) is 6.68. The van der Waals surface area contributed by atoms with Crippen molar-refractivity contribution in [2.45, 2.75) is 26.3 Å². The maximum atomic E-state index is 3.48. The highest BCUT2D eigenvalue weighted by Crippen LogP contribution is 2.11. The number of hydrogen-bond donors (Lipinski definition) is 1. The van der Waals surface area contributed by atoms with E-state index in [1.54, 1.807) is 0 Å². The lowest BCUT2D eigenvalue weighted by atomic mass is 10.2. The summed E-state index contributed by atoms with van der Waals surface area (Å²) in [5.41, 5.74) is 0. The zero-order chi connectivity index (χ0) is 9.52. The highest BCUT2D eigenvalue weighted by atomic mass is 32.2. The minimum Gasteiger partial charge on any atom is -0.315 e. The van der Waals surface area contributed by atoms with Crippen LogP contribution in [0.2, 0.25) is 0 Å². The molecule has 0 amide bonds. The monoisotopic (exact) mass is 202 g/mol. The first-order valence-corrected chi connectivity index (χ1v) is 6.52. The molecule has 1 rings (SSSR count). The zero-order valence-electron chi connectivity index (χ0n) is 8.88. The SMILES string of the molecule is CCCNCC(C)N1CCSCC1. The van der Waals surface area contributed by atoms with Gasteiger partial charge in [0.15, 0.2) is 0 Å². The maximum Gasteiger partial charge on any atom is 0.0193 e. The number of nitrogens with zero attached hydrogens (tertiary/aromatic N) is 1. The Bertz CT molecular complexity index is 124. The summed E-state index contributed by atoms with van der Waals surface area (Å²) in [5, 5.41) is 3.48. The van der Waals surface area contributed by atoms with Crippen LogP contribution in [0.3, 0.4) is 0 Å². The average Bonchev–Trinajstić information content (AvgIpc) is 2.19. The molecule has 78 valence electrons. The van der Waals surface area contributed by atoms with Crippen LogP contribution in [0.25, 0.3) is 0 Å². The molecule has 1 N–H and O–H groups in total. The Morgan fingerprint density at radius 2 is 2.08 bits per heavy atom. The molecule has 13 heavy (non-hydrogen) atoms. The van der Waals surface area contributed by atoms with Gasteiger partial charge in [0.25, 0.3) is 0 Å². The summed E-state index contributed by atoms with van der Waals surface area (Å²) in [6.45, 7) is 9.42. The van der Waals surface area contributed by atoms with E-state index in [1.165, 1.54) is 31.0 Å². The molecular formula is C10H22N2S. The molecule has 0 aromatic rings. The Balaban J connectivity index is 2.09. The summed E-state index contributed by atoms with van der Waals surface area (Å²) >= 11 is 2.08. The summed E-state index contributed by atoms with van der Waals surface area (Å²) in [6.07, 6.45) is 1.24. The van der Waals surface area contributed by atoms with E-state index in [1.807, 2.05) is 0 Å². The predicted molar refractivity (Wildman–Crippen MR) is 61.5 cm³/mol. The first-order valence-electron chi connectivity index (χ1n) is 5.37. The maximum absolute atomic E-state index is 3.48. The number of rotatable bonds is 5. The van der Waals surface area contributed by atoms with Crippen LogP contribution in [0.15, 0.2) is 0 Å². The highest BCUT2D eigenvalue weighted by Gasteiger charge is 2.15. The second-order valence-electron chi connectivity index (χ2n) is 3.70. The van der Waals surface area contributed by atoms with Gasteiger partial charge in [0.1, 0.15) is 0 Å². The topological polar surface area (TPSA) is 15.3 Å². The van der Waals surface area contributed by atoms with E-state index in [0.717, 1.165) is 13.1 Å². The van der Waals surface area contributed by atoms with Crippen LogP contribution in [0.4, 0.5) is 0 Å². The van der Waals surface area contributed by atoms with Gasteiger partial charge >= 0.3 is 0 Å². The third-order valence-electron chi connectivity index (χ3n) is 2.54. The van der Waals surface area contributed by atoms with Gasteiger partial charge in [-0.3, -0.25) is 4.90 Å². The molecule has 0 aromatic carbocycles. The van der Waals surface area contributed by atoms with Crippen molar-refractivity contribution < 1.29 is 0 Å². The molecule has 3 heteroatoms. The molecule has 0 aromatic heterocycles. The van der Waals surface area contributed by atoms with Crippen LogP contribution in [-0.4, -0.2) is 48.6 Å². The minimum absolute atomic E-state index is 0.715. The van der Waals surface area contributed by atoms with E-state index in [4.69, 9.17) is 0 Å². The van der Waals surface area contributed by atoms with Crippen molar-refractivity contribution in [1.82, 2.24) is 10.2 Å². The quantitative estimate of drug-likeness (QED) is 0.679. The largest absolute Gasteiger partial charge is 0.315 e. The summed E-state index contributed by atoms with van der Waals surface area (Å²) in [5.74, 6) is 2.64. The summed E-state index contributed by atoms with van der Waals surface area (Å²) in [4.78, 5) is 2.60. The van der Waals surface area contributed by atoms with Crippen LogP contribution in [0.1, 0.15) is 20.3 Å². The molecule has 0 spiro atoms. The Labute approximate surface area is 86.5 Å². The molecule has 0 radical (unpaired) electrons. The molecule has 1 fully saturated rings. The Morgan fingerprint density at radius 3 is 2.69 bits per heavy atom. The van der Waals surface area contributed by atoms with Gasteiger partial charge in [0.05, 0.1) is 0 Å². The molecule has 1 heterocycles. The lowest BCUT2D eigenvalue weighted by molar-refractivity contribution is 0.225.